The summed E-state index contributed by atoms with van der Waals surface area (Å²) in [5.74, 6) is -0.313. The van der Waals surface area contributed by atoms with Crippen LogP contribution in [0.5, 0.6) is 0 Å². The summed E-state index contributed by atoms with van der Waals surface area (Å²) in [5.41, 5.74) is 5.04. The van der Waals surface area contributed by atoms with Gasteiger partial charge in [-0.15, -0.1) is 0 Å². The van der Waals surface area contributed by atoms with Crippen LogP contribution in [-0.2, 0) is 4.79 Å². The fourth-order valence-corrected chi connectivity index (χ4v) is 4.86. The lowest BCUT2D eigenvalue weighted by Gasteiger charge is -2.32. The number of hydrogen-bond acceptors (Lipinski definition) is 3. The van der Waals surface area contributed by atoms with Crippen LogP contribution in [0.15, 0.2) is 47.6 Å². The van der Waals surface area contributed by atoms with Gasteiger partial charge < -0.3 is 0 Å². The predicted octanol–water partition coefficient (Wildman–Crippen LogP) is 5.38. The van der Waals surface area contributed by atoms with Crippen LogP contribution in [-0.4, -0.2) is 41.2 Å². The topological polar surface area (TPSA) is 35.9 Å². The third-order valence-corrected chi connectivity index (χ3v) is 6.69. The number of hydrogen-bond donors (Lipinski definition) is 0. The van der Waals surface area contributed by atoms with E-state index in [1.54, 1.807) is 11.1 Å². The maximum atomic E-state index is 14.0. The number of benzene rings is 2. The van der Waals surface area contributed by atoms with Crippen molar-refractivity contribution in [3.63, 3.8) is 0 Å². The lowest BCUT2D eigenvalue weighted by molar-refractivity contribution is -0.134. The number of hydrazone groups is 1. The first-order chi connectivity index (χ1) is 14.9. The molecule has 1 aliphatic carbocycles. The van der Waals surface area contributed by atoms with Crippen LogP contribution in [0.3, 0.4) is 0 Å². The summed E-state index contributed by atoms with van der Waals surface area (Å²) < 4.78 is 14.0. The predicted molar refractivity (Wildman–Crippen MR) is 123 cm³/mol. The first kappa shape index (κ1) is 21.7. The molecular weight excluding hydrogens is 389 g/mol. The Balaban J connectivity index is 1.62. The van der Waals surface area contributed by atoms with Gasteiger partial charge in [0.25, 0.3) is 5.91 Å². The minimum absolute atomic E-state index is 0.0253. The van der Waals surface area contributed by atoms with E-state index in [0.29, 0.717) is 19.0 Å². The van der Waals surface area contributed by atoms with Gasteiger partial charge in [0.2, 0.25) is 0 Å². The zero-order valence-electron chi connectivity index (χ0n) is 18.8. The highest BCUT2D eigenvalue weighted by atomic mass is 19.1. The van der Waals surface area contributed by atoms with Gasteiger partial charge in [0.15, 0.2) is 0 Å². The minimum Gasteiger partial charge on any atom is -0.295 e. The molecule has 1 amide bonds. The standard InChI is InChI=1S/C26H32FN3O/c1-18-12-13-19(2)23(14-18)24-16-25(20-8-7-9-21(27)15-20)30(28-24)26(31)17-29(3)22-10-5-4-6-11-22/h7-9,12-15,22,25H,4-6,10-11,16-17H2,1-3H3. The Hall–Kier alpha value is -2.53. The fraction of sp³-hybridized carbons (Fsp3) is 0.462. The molecule has 2 aromatic rings. The number of carbonyl (C=O) groups excluding carboxylic acids is 1. The van der Waals surface area contributed by atoms with Crippen LogP contribution < -0.4 is 0 Å². The van der Waals surface area contributed by atoms with Crippen LogP contribution in [0.2, 0.25) is 0 Å². The van der Waals surface area contributed by atoms with E-state index < -0.39 is 0 Å². The molecule has 0 aromatic heterocycles. The molecule has 1 fully saturated rings. The molecule has 2 aromatic carbocycles. The number of aryl methyl sites for hydroxylation is 2. The van der Waals surface area contributed by atoms with E-state index in [9.17, 15) is 9.18 Å². The molecular formula is C26H32FN3O. The Morgan fingerprint density at radius 3 is 2.65 bits per heavy atom. The van der Waals surface area contributed by atoms with Crippen molar-refractivity contribution >= 4 is 11.6 Å². The molecule has 1 heterocycles. The Morgan fingerprint density at radius 1 is 1.13 bits per heavy atom. The Kier molecular flexibility index (Phi) is 6.51. The molecule has 1 aliphatic heterocycles. The molecule has 1 saturated carbocycles. The number of nitrogens with zero attached hydrogens (tertiary/aromatic N) is 3. The summed E-state index contributed by atoms with van der Waals surface area (Å²) in [6.07, 6.45) is 6.63. The van der Waals surface area contributed by atoms with Crippen LogP contribution in [0.1, 0.15) is 66.8 Å². The summed E-state index contributed by atoms with van der Waals surface area (Å²) in [7, 11) is 2.04. The molecule has 0 bridgehead atoms. The van der Waals surface area contributed by atoms with Crippen molar-refractivity contribution in [2.75, 3.05) is 13.6 Å². The molecule has 0 radical (unpaired) electrons. The third-order valence-electron chi connectivity index (χ3n) is 6.69. The SMILES string of the molecule is Cc1ccc(C)c(C2=NN(C(=O)CN(C)C3CCCCC3)C(c3cccc(F)c3)C2)c1. The van der Waals surface area contributed by atoms with Gasteiger partial charge in [-0.25, -0.2) is 9.40 Å². The zero-order chi connectivity index (χ0) is 22.0. The van der Waals surface area contributed by atoms with Gasteiger partial charge in [0, 0.05) is 18.0 Å². The molecule has 4 rings (SSSR count). The highest BCUT2D eigenvalue weighted by Crippen LogP contribution is 2.34. The highest BCUT2D eigenvalue weighted by Gasteiger charge is 2.34. The van der Waals surface area contributed by atoms with Crippen LogP contribution in [0.4, 0.5) is 4.39 Å². The molecule has 1 unspecified atom stereocenters. The van der Waals surface area contributed by atoms with Crippen molar-refractivity contribution in [1.29, 1.82) is 0 Å². The number of amides is 1. The monoisotopic (exact) mass is 421 g/mol. The van der Waals surface area contributed by atoms with Crippen LogP contribution >= 0.6 is 0 Å². The number of likely N-dealkylation sites (N-methyl/N-ethyl adjacent to an activating group) is 1. The second-order valence-corrected chi connectivity index (χ2v) is 9.09. The Bertz CT molecular complexity index is 980. The molecule has 1 atom stereocenters. The molecule has 5 heteroatoms. The molecule has 164 valence electrons. The lowest BCUT2D eigenvalue weighted by Crippen LogP contribution is -2.42. The maximum absolute atomic E-state index is 14.0. The first-order valence-electron chi connectivity index (χ1n) is 11.4. The van der Waals surface area contributed by atoms with Gasteiger partial charge in [-0.2, -0.15) is 5.10 Å². The summed E-state index contributed by atoms with van der Waals surface area (Å²) in [6.45, 7) is 4.46. The number of carbonyl (C=O) groups is 1. The Morgan fingerprint density at radius 2 is 1.90 bits per heavy atom. The van der Waals surface area contributed by atoms with Crippen molar-refractivity contribution < 1.29 is 9.18 Å². The van der Waals surface area contributed by atoms with E-state index in [1.165, 1.54) is 31.4 Å². The van der Waals surface area contributed by atoms with E-state index in [4.69, 9.17) is 5.10 Å². The van der Waals surface area contributed by atoms with Gasteiger partial charge in [-0.05, 0) is 63.1 Å². The lowest BCUT2D eigenvalue weighted by atomic mass is 9.94. The fourth-order valence-electron chi connectivity index (χ4n) is 4.86. The average molecular weight is 422 g/mol. The zero-order valence-corrected chi connectivity index (χ0v) is 18.8. The minimum atomic E-state index is -0.288. The largest absolute Gasteiger partial charge is 0.295 e. The Labute approximate surface area is 184 Å². The molecule has 31 heavy (non-hydrogen) atoms. The van der Waals surface area contributed by atoms with Crippen molar-refractivity contribution in [3.8, 4) is 0 Å². The average Bonchev–Trinajstić information content (AvgIpc) is 3.21. The van der Waals surface area contributed by atoms with Gasteiger partial charge in [0.1, 0.15) is 5.82 Å². The van der Waals surface area contributed by atoms with Gasteiger partial charge >= 0.3 is 0 Å². The normalized spacial score (nSPS) is 19.7. The van der Waals surface area contributed by atoms with Crippen molar-refractivity contribution in [2.45, 2.75) is 64.5 Å². The summed E-state index contributed by atoms with van der Waals surface area (Å²) in [4.78, 5) is 15.6. The maximum Gasteiger partial charge on any atom is 0.257 e. The number of rotatable bonds is 5. The third kappa shape index (κ3) is 4.87. The van der Waals surface area contributed by atoms with Crippen LogP contribution in [0, 0.1) is 19.7 Å². The molecule has 4 nitrogen and oxygen atoms in total. The van der Waals surface area contributed by atoms with E-state index in [0.717, 1.165) is 40.8 Å². The van der Waals surface area contributed by atoms with E-state index in [1.807, 2.05) is 13.1 Å². The van der Waals surface area contributed by atoms with Crippen molar-refractivity contribution in [3.05, 3.63) is 70.5 Å². The highest BCUT2D eigenvalue weighted by molar-refractivity contribution is 6.04. The summed E-state index contributed by atoms with van der Waals surface area (Å²) in [6, 6.07) is 13.0. The summed E-state index contributed by atoms with van der Waals surface area (Å²) in [5, 5.41) is 6.40. The number of halogens is 1. The quantitative estimate of drug-likeness (QED) is 0.649. The van der Waals surface area contributed by atoms with E-state index >= 15 is 0 Å². The first-order valence-corrected chi connectivity index (χ1v) is 11.4. The van der Waals surface area contributed by atoms with Gasteiger partial charge in [-0.1, -0.05) is 49.1 Å². The van der Waals surface area contributed by atoms with Crippen molar-refractivity contribution in [2.24, 2.45) is 5.10 Å². The van der Waals surface area contributed by atoms with Gasteiger partial charge in [-0.3, -0.25) is 9.69 Å². The summed E-state index contributed by atoms with van der Waals surface area (Å²) >= 11 is 0. The molecule has 0 saturated heterocycles. The van der Waals surface area contributed by atoms with Gasteiger partial charge in [0.05, 0.1) is 18.3 Å². The van der Waals surface area contributed by atoms with Crippen molar-refractivity contribution in [1.82, 2.24) is 9.91 Å². The second kappa shape index (κ2) is 9.31. The molecule has 0 N–H and O–H groups in total. The molecule has 0 spiro atoms. The van der Waals surface area contributed by atoms with Crippen LogP contribution in [0.25, 0.3) is 0 Å². The van der Waals surface area contributed by atoms with E-state index in [-0.39, 0.29) is 17.8 Å². The molecule has 2 aliphatic rings. The van der Waals surface area contributed by atoms with E-state index in [2.05, 4.69) is 36.9 Å². The second-order valence-electron chi connectivity index (χ2n) is 9.09. The smallest absolute Gasteiger partial charge is 0.257 e.